The van der Waals surface area contributed by atoms with Crippen molar-refractivity contribution in [2.45, 2.75) is 37.9 Å². The lowest BCUT2D eigenvalue weighted by atomic mass is 10.0. The molecule has 8 heteroatoms. The van der Waals surface area contributed by atoms with Crippen molar-refractivity contribution in [2.24, 2.45) is 5.73 Å². The standard InChI is InChI=1S/C23H24ClN4O3/c1-14(25)22(30)28-21(10-15-6-8-17(24)9-7-15)23(31)27-18(13-29)11-16-12-26-20-5-3-2-4-19(16)20/h2-9,12,14,18,21,26H,10-11,25H2,1H3,(H,27,31)(H,28,30)/t14-,18+,21+/m0/s1. The van der Waals surface area contributed by atoms with Gasteiger partial charge in [0, 0.05) is 35.0 Å². The minimum Gasteiger partial charge on any atom is -0.361 e. The molecule has 0 saturated carbocycles. The first-order chi connectivity index (χ1) is 14.9. The molecule has 3 rings (SSSR count). The average molecular weight is 440 g/mol. The summed E-state index contributed by atoms with van der Waals surface area (Å²) < 4.78 is 0. The van der Waals surface area contributed by atoms with E-state index in [0.29, 0.717) is 5.02 Å². The number of para-hydroxylation sites is 1. The number of carbonyl (C=O) groups excluding carboxylic acids is 3. The maximum absolute atomic E-state index is 13.0. The van der Waals surface area contributed by atoms with Crippen LogP contribution in [0, 0.1) is 0 Å². The summed E-state index contributed by atoms with van der Waals surface area (Å²) in [6.45, 7) is 1.53. The van der Waals surface area contributed by atoms with Gasteiger partial charge in [-0.2, -0.15) is 0 Å². The Hall–Kier alpha value is -3.16. The number of aromatic nitrogens is 1. The van der Waals surface area contributed by atoms with E-state index in [2.05, 4.69) is 15.6 Å². The molecule has 1 radical (unpaired) electrons. The van der Waals surface area contributed by atoms with Crippen molar-refractivity contribution < 1.29 is 14.4 Å². The molecule has 0 saturated heterocycles. The van der Waals surface area contributed by atoms with Crippen LogP contribution in [0.5, 0.6) is 0 Å². The summed E-state index contributed by atoms with van der Waals surface area (Å²) in [4.78, 5) is 39.8. The fraction of sp³-hybridized carbons (Fsp3) is 0.261. The second kappa shape index (κ2) is 10.2. The van der Waals surface area contributed by atoms with Gasteiger partial charge in [0.25, 0.3) is 0 Å². The number of hydrogen-bond acceptors (Lipinski definition) is 4. The number of benzene rings is 2. The molecule has 0 aliphatic heterocycles. The van der Waals surface area contributed by atoms with Gasteiger partial charge in [0.05, 0.1) is 12.1 Å². The van der Waals surface area contributed by atoms with E-state index >= 15 is 0 Å². The van der Waals surface area contributed by atoms with Gasteiger partial charge in [-0.25, -0.2) is 0 Å². The number of amides is 2. The van der Waals surface area contributed by atoms with Crippen LogP contribution in [0.1, 0.15) is 18.1 Å². The highest BCUT2D eigenvalue weighted by Crippen LogP contribution is 2.19. The number of aromatic amines is 1. The van der Waals surface area contributed by atoms with Gasteiger partial charge in [0.1, 0.15) is 6.04 Å². The van der Waals surface area contributed by atoms with Crippen LogP contribution in [0.2, 0.25) is 5.02 Å². The van der Waals surface area contributed by atoms with Crippen LogP contribution in [0.15, 0.2) is 54.7 Å². The molecule has 161 valence electrons. The minimum absolute atomic E-state index is 0.222. The summed E-state index contributed by atoms with van der Waals surface area (Å²) in [6.07, 6.45) is 4.19. The maximum atomic E-state index is 13.0. The number of halogens is 1. The van der Waals surface area contributed by atoms with Gasteiger partial charge >= 0.3 is 0 Å². The van der Waals surface area contributed by atoms with E-state index in [4.69, 9.17) is 17.3 Å². The molecule has 0 unspecified atom stereocenters. The molecule has 5 N–H and O–H groups in total. The molecule has 0 aliphatic rings. The first-order valence-corrected chi connectivity index (χ1v) is 10.3. The Kier molecular flexibility index (Phi) is 7.44. The number of fused-ring (bicyclic) bond motifs is 1. The van der Waals surface area contributed by atoms with E-state index in [9.17, 15) is 14.4 Å². The van der Waals surface area contributed by atoms with E-state index < -0.39 is 29.9 Å². The lowest BCUT2D eigenvalue weighted by Crippen LogP contribution is -2.54. The highest BCUT2D eigenvalue weighted by Gasteiger charge is 2.25. The third-order valence-electron chi connectivity index (χ3n) is 4.96. The van der Waals surface area contributed by atoms with Crippen molar-refractivity contribution in [1.82, 2.24) is 15.6 Å². The fourth-order valence-corrected chi connectivity index (χ4v) is 3.41. The Morgan fingerprint density at radius 1 is 1.06 bits per heavy atom. The molecule has 2 amide bonds. The predicted octanol–water partition coefficient (Wildman–Crippen LogP) is 2.03. The highest BCUT2D eigenvalue weighted by atomic mass is 35.5. The van der Waals surface area contributed by atoms with E-state index in [-0.39, 0.29) is 12.8 Å². The van der Waals surface area contributed by atoms with Crippen molar-refractivity contribution in [1.29, 1.82) is 0 Å². The van der Waals surface area contributed by atoms with Crippen molar-refractivity contribution in [3.05, 3.63) is 70.9 Å². The second-order valence-electron chi connectivity index (χ2n) is 7.42. The van der Waals surface area contributed by atoms with Crippen LogP contribution >= 0.6 is 11.6 Å². The van der Waals surface area contributed by atoms with Crippen LogP contribution in [0.4, 0.5) is 0 Å². The summed E-state index contributed by atoms with van der Waals surface area (Å²) in [5.74, 6) is -0.950. The van der Waals surface area contributed by atoms with Gasteiger partial charge in [-0.05, 0) is 36.2 Å². The molecule has 1 heterocycles. The topological polar surface area (TPSA) is 117 Å². The summed E-state index contributed by atoms with van der Waals surface area (Å²) in [6, 6.07) is 12.1. The van der Waals surface area contributed by atoms with Crippen molar-refractivity contribution in [2.75, 3.05) is 0 Å². The molecule has 31 heavy (non-hydrogen) atoms. The number of nitrogens with two attached hydrogens (primary N) is 1. The first kappa shape index (κ1) is 22.5. The number of carbonyl (C=O) groups is 2. The monoisotopic (exact) mass is 439 g/mol. The van der Waals surface area contributed by atoms with Gasteiger partial charge < -0.3 is 21.4 Å². The quantitative estimate of drug-likeness (QED) is 0.408. The van der Waals surface area contributed by atoms with Crippen molar-refractivity contribution in [3.8, 4) is 0 Å². The largest absolute Gasteiger partial charge is 0.361 e. The predicted molar refractivity (Wildman–Crippen MR) is 120 cm³/mol. The Morgan fingerprint density at radius 2 is 1.77 bits per heavy atom. The van der Waals surface area contributed by atoms with E-state index in [0.717, 1.165) is 22.0 Å². The summed E-state index contributed by atoms with van der Waals surface area (Å²) in [5, 5.41) is 6.88. The van der Waals surface area contributed by atoms with Gasteiger partial charge in [-0.3, -0.25) is 14.4 Å². The summed E-state index contributed by atoms with van der Waals surface area (Å²) in [7, 11) is 0. The highest BCUT2D eigenvalue weighted by molar-refractivity contribution is 6.30. The van der Waals surface area contributed by atoms with E-state index in [1.54, 1.807) is 24.3 Å². The van der Waals surface area contributed by atoms with Crippen LogP contribution < -0.4 is 16.4 Å². The minimum atomic E-state index is -0.904. The number of rotatable bonds is 9. The molecular weight excluding hydrogens is 416 g/mol. The summed E-state index contributed by atoms with van der Waals surface area (Å²) in [5.41, 5.74) is 8.27. The van der Waals surface area contributed by atoms with E-state index in [1.165, 1.54) is 6.92 Å². The van der Waals surface area contributed by atoms with Crippen molar-refractivity contribution >= 4 is 40.6 Å². The normalized spacial score (nSPS) is 13.9. The zero-order chi connectivity index (χ0) is 22.4. The van der Waals surface area contributed by atoms with Crippen LogP contribution in [-0.2, 0) is 27.2 Å². The molecule has 1 aromatic heterocycles. The van der Waals surface area contributed by atoms with Crippen LogP contribution in [0.3, 0.4) is 0 Å². The molecule has 2 aromatic carbocycles. The van der Waals surface area contributed by atoms with Gasteiger partial charge in [-0.1, -0.05) is 41.9 Å². The number of hydrogen-bond donors (Lipinski definition) is 4. The molecule has 0 spiro atoms. The smallest absolute Gasteiger partial charge is 0.243 e. The van der Waals surface area contributed by atoms with E-state index in [1.807, 2.05) is 36.7 Å². The molecule has 0 aliphatic carbocycles. The third kappa shape index (κ3) is 5.93. The average Bonchev–Trinajstić information content (AvgIpc) is 3.16. The molecule has 3 aromatic rings. The van der Waals surface area contributed by atoms with Crippen molar-refractivity contribution in [3.63, 3.8) is 0 Å². The lowest BCUT2D eigenvalue weighted by molar-refractivity contribution is -0.129. The molecular formula is C23H24ClN4O3. The molecule has 7 nitrogen and oxygen atoms in total. The zero-order valence-corrected chi connectivity index (χ0v) is 17.8. The molecule has 3 atom stereocenters. The third-order valence-corrected chi connectivity index (χ3v) is 5.21. The van der Waals surface area contributed by atoms with Crippen LogP contribution in [-0.4, -0.2) is 41.2 Å². The number of nitrogens with one attached hydrogen (secondary N) is 3. The Balaban J connectivity index is 1.74. The molecule has 0 bridgehead atoms. The lowest BCUT2D eigenvalue weighted by Gasteiger charge is -2.21. The Labute approximate surface area is 185 Å². The second-order valence-corrected chi connectivity index (χ2v) is 7.86. The Morgan fingerprint density at radius 3 is 2.45 bits per heavy atom. The fourth-order valence-electron chi connectivity index (χ4n) is 3.28. The Bertz CT molecular complexity index is 1060. The summed E-state index contributed by atoms with van der Waals surface area (Å²) >= 11 is 5.92. The zero-order valence-electron chi connectivity index (χ0n) is 17.0. The van der Waals surface area contributed by atoms with Gasteiger partial charge in [0.2, 0.25) is 18.1 Å². The SMILES string of the molecule is C[C@H](N)C(=O)N[C@H](Cc1ccc(Cl)cc1)C(=O)N[C@@H]([C]=O)Cc1c[nH]c2ccccc12. The maximum Gasteiger partial charge on any atom is 0.243 e. The van der Waals surface area contributed by atoms with Gasteiger partial charge in [0.15, 0.2) is 0 Å². The van der Waals surface area contributed by atoms with Gasteiger partial charge in [-0.15, -0.1) is 0 Å². The number of H-pyrrole nitrogens is 1. The molecule has 0 fully saturated rings. The first-order valence-electron chi connectivity index (χ1n) is 9.91. The van der Waals surface area contributed by atoms with Crippen LogP contribution in [0.25, 0.3) is 10.9 Å².